The van der Waals surface area contributed by atoms with Crippen molar-refractivity contribution in [3.63, 3.8) is 0 Å². The van der Waals surface area contributed by atoms with Crippen LogP contribution in [-0.4, -0.2) is 22.5 Å². The largest absolute Gasteiger partial charge is 0.416 e. The monoisotopic (exact) mass is 373 g/mol. The molecule has 0 radical (unpaired) electrons. The SMILES string of the molecule is CC1CCCCN1Cc1sc(N)nc1-c1cc(F)cc(C(F)(F)F)c1. The van der Waals surface area contributed by atoms with E-state index in [2.05, 4.69) is 16.8 Å². The zero-order chi connectivity index (χ0) is 18.2. The number of hydrogen-bond donors (Lipinski definition) is 1. The first kappa shape index (κ1) is 18.1. The van der Waals surface area contributed by atoms with Crippen molar-refractivity contribution in [3.8, 4) is 11.3 Å². The number of nitrogen functional groups attached to an aromatic ring is 1. The summed E-state index contributed by atoms with van der Waals surface area (Å²) in [5.74, 6) is -0.936. The predicted octanol–water partition coefficient (Wildman–Crippen LogP) is 4.92. The van der Waals surface area contributed by atoms with Crippen molar-refractivity contribution < 1.29 is 17.6 Å². The molecule has 3 rings (SSSR count). The van der Waals surface area contributed by atoms with Crippen molar-refractivity contribution >= 4 is 16.5 Å². The van der Waals surface area contributed by atoms with E-state index in [9.17, 15) is 17.6 Å². The Hall–Kier alpha value is -1.67. The van der Waals surface area contributed by atoms with Gasteiger partial charge in [0.05, 0.1) is 11.3 Å². The van der Waals surface area contributed by atoms with Crippen LogP contribution < -0.4 is 5.73 Å². The lowest BCUT2D eigenvalue weighted by atomic mass is 10.0. The van der Waals surface area contributed by atoms with Gasteiger partial charge in [-0.3, -0.25) is 4.90 Å². The number of nitrogens with two attached hydrogens (primary N) is 1. The smallest absolute Gasteiger partial charge is 0.375 e. The van der Waals surface area contributed by atoms with E-state index >= 15 is 0 Å². The van der Waals surface area contributed by atoms with Gasteiger partial charge < -0.3 is 5.73 Å². The summed E-state index contributed by atoms with van der Waals surface area (Å²) in [6.07, 6.45) is -1.26. The Kier molecular flexibility index (Phi) is 5.02. The summed E-state index contributed by atoms with van der Waals surface area (Å²) in [6, 6.07) is 2.89. The van der Waals surface area contributed by atoms with Crippen LogP contribution in [0.25, 0.3) is 11.3 Å². The van der Waals surface area contributed by atoms with E-state index in [4.69, 9.17) is 5.73 Å². The Labute approximate surface area is 147 Å². The minimum atomic E-state index is -4.61. The van der Waals surface area contributed by atoms with Gasteiger partial charge in [-0.2, -0.15) is 13.2 Å². The van der Waals surface area contributed by atoms with Crippen molar-refractivity contribution in [2.24, 2.45) is 0 Å². The maximum absolute atomic E-state index is 13.7. The van der Waals surface area contributed by atoms with Gasteiger partial charge in [-0.15, -0.1) is 11.3 Å². The minimum Gasteiger partial charge on any atom is -0.375 e. The molecule has 0 bridgehead atoms. The molecule has 2 heterocycles. The molecule has 0 aliphatic carbocycles. The second-order valence-corrected chi connectivity index (χ2v) is 7.48. The minimum absolute atomic E-state index is 0.111. The highest BCUT2D eigenvalue weighted by atomic mass is 32.1. The fourth-order valence-electron chi connectivity index (χ4n) is 3.17. The number of nitrogens with zero attached hydrogens (tertiary/aromatic N) is 2. The van der Waals surface area contributed by atoms with Gasteiger partial charge in [0, 0.05) is 23.0 Å². The molecule has 8 heteroatoms. The van der Waals surface area contributed by atoms with Crippen molar-refractivity contribution in [3.05, 3.63) is 34.5 Å². The topological polar surface area (TPSA) is 42.1 Å². The normalized spacial score (nSPS) is 19.3. The van der Waals surface area contributed by atoms with E-state index in [0.717, 1.165) is 36.4 Å². The third-order valence-corrected chi connectivity index (χ3v) is 5.37. The second kappa shape index (κ2) is 6.92. The number of thiazole rings is 1. The number of piperidine rings is 1. The van der Waals surface area contributed by atoms with Crippen LogP contribution in [0.1, 0.15) is 36.6 Å². The van der Waals surface area contributed by atoms with Gasteiger partial charge in [-0.25, -0.2) is 9.37 Å². The van der Waals surface area contributed by atoms with Crippen LogP contribution >= 0.6 is 11.3 Å². The molecule has 2 N–H and O–H groups in total. The molecule has 1 atom stereocenters. The third kappa shape index (κ3) is 4.12. The van der Waals surface area contributed by atoms with E-state index in [0.29, 0.717) is 24.3 Å². The van der Waals surface area contributed by atoms with Gasteiger partial charge in [0.2, 0.25) is 0 Å². The summed E-state index contributed by atoms with van der Waals surface area (Å²) in [7, 11) is 0. The molecular weight excluding hydrogens is 354 g/mol. The number of benzene rings is 1. The van der Waals surface area contributed by atoms with Gasteiger partial charge in [0.1, 0.15) is 5.82 Å². The van der Waals surface area contributed by atoms with Gasteiger partial charge in [-0.05, 0) is 44.5 Å². The van der Waals surface area contributed by atoms with Crippen molar-refractivity contribution in [2.45, 2.75) is 44.9 Å². The highest BCUT2D eigenvalue weighted by Crippen LogP contribution is 2.36. The Morgan fingerprint density at radius 2 is 2.04 bits per heavy atom. The number of alkyl halides is 3. The Balaban J connectivity index is 1.97. The maximum atomic E-state index is 13.7. The van der Waals surface area contributed by atoms with Crippen molar-refractivity contribution in [1.82, 2.24) is 9.88 Å². The Morgan fingerprint density at radius 3 is 2.72 bits per heavy atom. The zero-order valence-corrected chi connectivity index (χ0v) is 14.6. The molecule has 1 aromatic carbocycles. The number of aromatic nitrogens is 1. The average molecular weight is 373 g/mol. The molecule has 2 aromatic rings. The summed E-state index contributed by atoms with van der Waals surface area (Å²) in [5.41, 5.74) is 5.22. The molecule has 1 saturated heterocycles. The molecule has 136 valence electrons. The van der Waals surface area contributed by atoms with Crippen LogP contribution in [-0.2, 0) is 12.7 Å². The summed E-state index contributed by atoms with van der Waals surface area (Å²) in [6.45, 7) is 3.62. The van der Waals surface area contributed by atoms with Crippen LogP contribution in [0, 0.1) is 5.82 Å². The molecule has 25 heavy (non-hydrogen) atoms. The number of hydrogen-bond acceptors (Lipinski definition) is 4. The summed E-state index contributed by atoms with van der Waals surface area (Å²) in [4.78, 5) is 7.21. The molecule has 1 fully saturated rings. The van der Waals surface area contributed by atoms with E-state index in [1.807, 2.05) is 0 Å². The fourth-order valence-corrected chi connectivity index (χ4v) is 4.05. The molecule has 0 saturated carbocycles. The van der Waals surface area contributed by atoms with Crippen molar-refractivity contribution in [2.75, 3.05) is 12.3 Å². The van der Waals surface area contributed by atoms with Crippen molar-refractivity contribution in [1.29, 1.82) is 0 Å². The molecule has 0 amide bonds. The predicted molar refractivity (Wildman–Crippen MR) is 90.6 cm³/mol. The van der Waals surface area contributed by atoms with Crippen LogP contribution in [0.15, 0.2) is 18.2 Å². The molecule has 1 aliphatic heterocycles. The highest BCUT2D eigenvalue weighted by Gasteiger charge is 2.32. The first-order valence-electron chi connectivity index (χ1n) is 8.11. The lowest BCUT2D eigenvalue weighted by Gasteiger charge is -2.33. The lowest BCUT2D eigenvalue weighted by Crippen LogP contribution is -2.36. The summed E-state index contributed by atoms with van der Waals surface area (Å²) < 4.78 is 52.7. The first-order chi connectivity index (χ1) is 11.7. The molecule has 1 aliphatic rings. The second-order valence-electron chi connectivity index (χ2n) is 6.37. The molecule has 1 unspecified atom stereocenters. The van der Waals surface area contributed by atoms with E-state index < -0.39 is 17.6 Å². The van der Waals surface area contributed by atoms with Gasteiger partial charge in [0.15, 0.2) is 5.13 Å². The maximum Gasteiger partial charge on any atom is 0.416 e. The Bertz CT molecular complexity index is 757. The zero-order valence-electron chi connectivity index (χ0n) is 13.7. The van der Waals surface area contributed by atoms with E-state index in [-0.39, 0.29) is 10.7 Å². The highest BCUT2D eigenvalue weighted by molar-refractivity contribution is 7.15. The van der Waals surface area contributed by atoms with Crippen LogP contribution in [0.5, 0.6) is 0 Å². The number of anilines is 1. The van der Waals surface area contributed by atoms with Crippen LogP contribution in [0.3, 0.4) is 0 Å². The molecule has 0 spiro atoms. The fraction of sp³-hybridized carbons (Fsp3) is 0.471. The number of rotatable bonds is 3. The summed E-state index contributed by atoms with van der Waals surface area (Å²) >= 11 is 1.25. The number of halogens is 4. The standard InChI is InChI=1S/C17H19F4N3S/c1-10-4-2-3-5-24(10)9-14-15(23-16(22)25-14)11-6-12(17(19,20)21)8-13(18)7-11/h6-8,10H,2-5,9H2,1H3,(H2,22,23). The van der Waals surface area contributed by atoms with Gasteiger partial charge in [0.25, 0.3) is 0 Å². The van der Waals surface area contributed by atoms with Crippen LogP contribution in [0.2, 0.25) is 0 Å². The summed E-state index contributed by atoms with van der Waals surface area (Å²) in [5, 5.41) is 0.271. The van der Waals surface area contributed by atoms with Gasteiger partial charge >= 0.3 is 6.18 Å². The Morgan fingerprint density at radius 1 is 1.28 bits per heavy atom. The first-order valence-corrected chi connectivity index (χ1v) is 8.93. The molecule has 3 nitrogen and oxygen atoms in total. The number of likely N-dealkylation sites (tertiary alicyclic amines) is 1. The average Bonchev–Trinajstić information content (AvgIpc) is 2.89. The molecular formula is C17H19F4N3S. The van der Waals surface area contributed by atoms with Crippen LogP contribution in [0.4, 0.5) is 22.7 Å². The van der Waals surface area contributed by atoms with Gasteiger partial charge in [-0.1, -0.05) is 6.42 Å². The van der Waals surface area contributed by atoms with E-state index in [1.54, 1.807) is 0 Å². The third-order valence-electron chi connectivity index (χ3n) is 4.50. The van der Waals surface area contributed by atoms with E-state index in [1.165, 1.54) is 17.8 Å². The quantitative estimate of drug-likeness (QED) is 0.776. The molecule has 1 aromatic heterocycles. The lowest BCUT2D eigenvalue weighted by molar-refractivity contribution is -0.137.